The maximum Gasteiger partial charge on any atom is 0.0982 e. The summed E-state index contributed by atoms with van der Waals surface area (Å²) in [5.74, 6) is 0. The molecule has 0 aliphatic heterocycles. The Morgan fingerprint density at radius 2 is 1.95 bits per heavy atom. The molecule has 1 aromatic carbocycles. The number of hydrogen-bond donors (Lipinski definition) is 1. The molecule has 102 valence electrons. The smallest absolute Gasteiger partial charge is 0.0982 e. The van der Waals surface area contributed by atoms with Crippen molar-refractivity contribution < 1.29 is 0 Å². The van der Waals surface area contributed by atoms with Crippen LogP contribution in [0, 0.1) is 0 Å². The lowest BCUT2D eigenvalue weighted by Crippen LogP contribution is -2.35. The molecule has 0 saturated heterocycles. The summed E-state index contributed by atoms with van der Waals surface area (Å²) in [5.41, 5.74) is 3.17. The van der Waals surface area contributed by atoms with Gasteiger partial charge in [0.2, 0.25) is 0 Å². The van der Waals surface area contributed by atoms with Crippen LogP contribution in [0.3, 0.4) is 0 Å². The Morgan fingerprint density at radius 1 is 1.26 bits per heavy atom. The summed E-state index contributed by atoms with van der Waals surface area (Å²) >= 11 is 6.26. The number of hydrogen-bond acceptors (Lipinski definition) is 2. The first-order valence-corrected chi connectivity index (χ1v) is 6.77. The van der Waals surface area contributed by atoms with Crippen LogP contribution in [0.1, 0.15) is 26.3 Å². The molecule has 2 rings (SSSR count). The first-order chi connectivity index (χ1) is 8.87. The Morgan fingerprint density at radius 3 is 2.58 bits per heavy atom. The van der Waals surface area contributed by atoms with Crippen molar-refractivity contribution >= 4 is 11.6 Å². The van der Waals surface area contributed by atoms with Crippen molar-refractivity contribution in [3.8, 4) is 11.3 Å². The molecule has 0 aliphatic rings. The molecule has 1 aromatic heterocycles. The van der Waals surface area contributed by atoms with E-state index in [1.54, 1.807) is 0 Å². The highest BCUT2D eigenvalue weighted by molar-refractivity contribution is 6.33. The zero-order valence-electron chi connectivity index (χ0n) is 11.9. The topological polar surface area (TPSA) is 29.9 Å². The van der Waals surface area contributed by atoms with Crippen molar-refractivity contribution in [2.45, 2.75) is 32.9 Å². The molecule has 1 heterocycles. The average Bonchev–Trinajstić information content (AvgIpc) is 2.67. The standard InChI is InChI=1S/C15H20ClN3/c1-15(2,3)17-9-11-10-19(4)18-14(11)12-7-5-6-8-13(12)16/h5-8,10,17H,9H2,1-4H3. The molecule has 19 heavy (non-hydrogen) atoms. The normalized spacial score (nSPS) is 11.8. The number of aryl methyl sites for hydroxylation is 1. The number of nitrogens with one attached hydrogen (secondary N) is 1. The first-order valence-electron chi connectivity index (χ1n) is 6.39. The SMILES string of the molecule is Cn1cc(CNC(C)(C)C)c(-c2ccccc2Cl)n1. The third-order valence-corrected chi connectivity index (χ3v) is 3.17. The van der Waals surface area contributed by atoms with Gasteiger partial charge >= 0.3 is 0 Å². The predicted molar refractivity (Wildman–Crippen MR) is 80.2 cm³/mol. The number of rotatable bonds is 3. The minimum atomic E-state index is 0.0770. The van der Waals surface area contributed by atoms with Gasteiger partial charge in [0.1, 0.15) is 0 Å². The fraction of sp³-hybridized carbons (Fsp3) is 0.400. The minimum Gasteiger partial charge on any atom is -0.308 e. The van der Waals surface area contributed by atoms with E-state index >= 15 is 0 Å². The van der Waals surface area contributed by atoms with Gasteiger partial charge in [-0.1, -0.05) is 29.8 Å². The van der Waals surface area contributed by atoms with E-state index in [1.165, 1.54) is 0 Å². The van der Waals surface area contributed by atoms with Gasteiger partial charge in [-0.05, 0) is 26.8 Å². The summed E-state index contributed by atoms with van der Waals surface area (Å²) in [4.78, 5) is 0. The summed E-state index contributed by atoms with van der Waals surface area (Å²) in [5, 5.41) is 8.75. The van der Waals surface area contributed by atoms with Crippen LogP contribution in [0.5, 0.6) is 0 Å². The van der Waals surface area contributed by atoms with Crippen LogP contribution in [0.4, 0.5) is 0 Å². The van der Waals surface area contributed by atoms with Crippen LogP contribution in [-0.4, -0.2) is 15.3 Å². The number of benzene rings is 1. The molecule has 0 unspecified atom stereocenters. The van der Waals surface area contributed by atoms with Crippen molar-refractivity contribution in [3.05, 3.63) is 41.0 Å². The van der Waals surface area contributed by atoms with Crippen LogP contribution in [0.15, 0.2) is 30.5 Å². The van der Waals surface area contributed by atoms with Crippen molar-refractivity contribution in [2.24, 2.45) is 7.05 Å². The Bertz CT molecular complexity index is 567. The summed E-state index contributed by atoms with van der Waals surface area (Å²) in [6.45, 7) is 7.23. The maximum absolute atomic E-state index is 6.26. The summed E-state index contributed by atoms with van der Waals surface area (Å²) < 4.78 is 1.83. The van der Waals surface area contributed by atoms with Crippen molar-refractivity contribution in [1.29, 1.82) is 0 Å². The second-order valence-electron chi connectivity index (χ2n) is 5.76. The van der Waals surface area contributed by atoms with E-state index in [1.807, 2.05) is 42.2 Å². The monoisotopic (exact) mass is 277 g/mol. The summed E-state index contributed by atoms with van der Waals surface area (Å²) in [6.07, 6.45) is 2.04. The lowest BCUT2D eigenvalue weighted by molar-refractivity contribution is 0.424. The molecule has 2 aromatic rings. The highest BCUT2D eigenvalue weighted by Crippen LogP contribution is 2.29. The van der Waals surface area contributed by atoms with E-state index in [4.69, 9.17) is 11.6 Å². The zero-order valence-corrected chi connectivity index (χ0v) is 12.6. The molecule has 0 saturated carbocycles. The van der Waals surface area contributed by atoms with E-state index in [2.05, 4.69) is 31.2 Å². The third kappa shape index (κ3) is 3.58. The van der Waals surface area contributed by atoms with E-state index in [0.29, 0.717) is 0 Å². The average molecular weight is 278 g/mol. The highest BCUT2D eigenvalue weighted by atomic mass is 35.5. The molecule has 0 amide bonds. The predicted octanol–water partition coefficient (Wildman–Crippen LogP) is 3.63. The summed E-state index contributed by atoms with van der Waals surface area (Å²) in [6, 6.07) is 7.82. The molecule has 1 N–H and O–H groups in total. The molecule has 0 spiro atoms. The maximum atomic E-state index is 6.26. The van der Waals surface area contributed by atoms with Gasteiger partial charge in [-0.25, -0.2) is 0 Å². The van der Waals surface area contributed by atoms with Crippen molar-refractivity contribution in [1.82, 2.24) is 15.1 Å². The molecule has 3 nitrogen and oxygen atoms in total. The largest absolute Gasteiger partial charge is 0.308 e. The second kappa shape index (κ2) is 5.35. The van der Waals surface area contributed by atoms with Gasteiger partial charge < -0.3 is 5.32 Å². The molecule has 0 fully saturated rings. The van der Waals surface area contributed by atoms with Crippen LogP contribution >= 0.6 is 11.6 Å². The van der Waals surface area contributed by atoms with Gasteiger partial charge in [0.15, 0.2) is 0 Å². The van der Waals surface area contributed by atoms with Crippen molar-refractivity contribution in [2.75, 3.05) is 0 Å². The molecule has 4 heteroatoms. The lowest BCUT2D eigenvalue weighted by atomic mass is 10.1. The van der Waals surface area contributed by atoms with E-state index in [0.717, 1.165) is 28.4 Å². The Balaban J connectivity index is 2.34. The fourth-order valence-corrected chi connectivity index (χ4v) is 2.13. The van der Waals surface area contributed by atoms with Crippen LogP contribution in [0.2, 0.25) is 5.02 Å². The van der Waals surface area contributed by atoms with Gasteiger partial charge in [0, 0.05) is 36.5 Å². The van der Waals surface area contributed by atoms with Crippen LogP contribution < -0.4 is 5.32 Å². The summed E-state index contributed by atoms with van der Waals surface area (Å²) in [7, 11) is 1.93. The van der Waals surface area contributed by atoms with Crippen molar-refractivity contribution in [3.63, 3.8) is 0 Å². The lowest BCUT2D eigenvalue weighted by Gasteiger charge is -2.20. The van der Waals surface area contributed by atoms with Crippen LogP contribution in [0.25, 0.3) is 11.3 Å². The molecule has 0 bridgehead atoms. The Labute approximate surface area is 119 Å². The number of halogens is 1. The minimum absolute atomic E-state index is 0.0770. The zero-order chi connectivity index (χ0) is 14.0. The third-order valence-electron chi connectivity index (χ3n) is 2.84. The molecule has 0 radical (unpaired) electrons. The van der Waals surface area contributed by atoms with E-state index in [-0.39, 0.29) is 5.54 Å². The first kappa shape index (κ1) is 14.1. The van der Waals surface area contributed by atoms with Crippen LogP contribution in [-0.2, 0) is 13.6 Å². The van der Waals surface area contributed by atoms with Gasteiger partial charge in [-0.2, -0.15) is 5.10 Å². The molecule has 0 atom stereocenters. The molecular weight excluding hydrogens is 258 g/mol. The molecule has 0 aliphatic carbocycles. The highest BCUT2D eigenvalue weighted by Gasteiger charge is 2.15. The molecular formula is C15H20ClN3. The second-order valence-corrected chi connectivity index (χ2v) is 6.17. The Hall–Kier alpha value is -1.32. The Kier molecular flexibility index (Phi) is 3.97. The van der Waals surface area contributed by atoms with Gasteiger partial charge in [-0.3, -0.25) is 4.68 Å². The van der Waals surface area contributed by atoms with Gasteiger partial charge in [-0.15, -0.1) is 0 Å². The number of aromatic nitrogens is 2. The van der Waals surface area contributed by atoms with Gasteiger partial charge in [0.05, 0.1) is 10.7 Å². The number of nitrogens with zero attached hydrogens (tertiary/aromatic N) is 2. The fourth-order valence-electron chi connectivity index (χ4n) is 1.91. The van der Waals surface area contributed by atoms with E-state index < -0.39 is 0 Å². The van der Waals surface area contributed by atoms with E-state index in [9.17, 15) is 0 Å². The van der Waals surface area contributed by atoms with Gasteiger partial charge in [0.25, 0.3) is 0 Å². The quantitative estimate of drug-likeness (QED) is 0.928.